The highest BCUT2D eigenvalue weighted by atomic mass is 35.5. The highest BCUT2D eigenvalue weighted by molar-refractivity contribution is 6.07. The summed E-state index contributed by atoms with van der Waals surface area (Å²) in [6, 6.07) is 13.3. The van der Waals surface area contributed by atoms with Gasteiger partial charge in [-0.25, -0.2) is 9.37 Å². The molecule has 0 bridgehead atoms. The van der Waals surface area contributed by atoms with Crippen molar-refractivity contribution in [3.8, 4) is 11.4 Å². The fraction of sp³-hybridized carbons (Fsp3) is 0.0588. The number of carbonyl (C=O) groups is 1. The number of aryl methyl sites for hydroxylation is 1. The van der Waals surface area contributed by atoms with Crippen LogP contribution in [-0.2, 0) is 0 Å². The SMILES string of the molecule is Cc1ccc(-c2ncc(C(=O)c3ccc(F)cc3)[nH]2)cc1.Cl. The van der Waals surface area contributed by atoms with Crippen LogP contribution in [0.1, 0.15) is 21.6 Å². The number of aromatic amines is 1. The maximum absolute atomic E-state index is 12.9. The van der Waals surface area contributed by atoms with E-state index in [0.29, 0.717) is 17.1 Å². The lowest BCUT2D eigenvalue weighted by Crippen LogP contribution is -2.01. The minimum Gasteiger partial charge on any atom is -0.335 e. The van der Waals surface area contributed by atoms with Crippen LogP contribution in [0.2, 0.25) is 0 Å². The van der Waals surface area contributed by atoms with E-state index in [1.807, 2.05) is 31.2 Å². The molecule has 0 unspecified atom stereocenters. The van der Waals surface area contributed by atoms with Crippen molar-refractivity contribution < 1.29 is 9.18 Å². The van der Waals surface area contributed by atoms with Gasteiger partial charge in [-0.1, -0.05) is 29.8 Å². The minimum absolute atomic E-state index is 0. The van der Waals surface area contributed by atoms with E-state index < -0.39 is 0 Å². The average Bonchev–Trinajstić information content (AvgIpc) is 2.98. The lowest BCUT2D eigenvalue weighted by Gasteiger charge is -1.99. The number of hydrogen-bond donors (Lipinski definition) is 1. The summed E-state index contributed by atoms with van der Waals surface area (Å²) in [7, 11) is 0. The van der Waals surface area contributed by atoms with Crippen molar-refractivity contribution >= 4 is 18.2 Å². The van der Waals surface area contributed by atoms with Crippen LogP contribution in [0.3, 0.4) is 0 Å². The quantitative estimate of drug-likeness (QED) is 0.737. The zero-order valence-electron chi connectivity index (χ0n) is 11.8. The summed E-state index contributed by atoms with van der Waals surface area (Å²) in [6.45, 7) is 2.01. The van der Waals surface area contributed by atoms with Crippen molar-refractivity contribution in [2.24, 2.45) is 0 Å². The second kappa shape index (κ2) is 6.54. The van der Waals surface area contributed by atoms with Crippen LogP contribution in [0, 0.1) is 12.7 Å². The van der Waals surface area contributed by atoms with Gasteiger partial charge < -0.3 is 4.98 Å². The molecule has 0 fully saturated rings. The molecule has 3 aromatic rings. The van der Waals surface area contributed by atoms with Gasteiger partial charge in [-0.2, -0.15) is 0 Å². The first kappa shape index (κ1) is 15.9. The summed E-state index contributed by atoms with van der Waals surface area (Å²) in [4.78, 5) is 19.5. The molecule has 0 aliphatic heterocycles. The van der Waals surface area contributed by atoms with Crippen LogP contribution in [0.5, 0.6) is 0 Å². The van der Waals surface area contributed by atoms with Crippen LogP contribution in [0.4, 0.5) is 4.39 Å². The lowest BCUT2D eigenvalue weighted by atomic mass is 10.1. The molecule has 0 aliphatic carbocycles. The van der Waals surface area contributed by atoms with Gasteiger partial charge in [-0.3, -0.25) is 4.79 Å². The Bertz CT molecular complexity index is 779. The molecule has 112 valence electrons. The van der Waals surface area contributed by atoms with Gasteiger partial charge in [0.25, 0.3) is 0 Å². The number of H-pyrrole nitrogens is 1. The number of carbonyl (C=O) groups excluding carboxylic acids is 1. The van der Waals surface area contributed by atoms with Gasteiger partial charge in [0, 0.05) is 11.1 Å². The van der Waals surface area contributed by atoms with E-state index in [0.717, 1.165) is 11.1 Å². The monoisotopic (exact) mass is 316 g/mol. The zero-order valence-corrected chi connectivity index (χ0v) is 12.7. The minimum atomic E-state index is -0.364. The molecule has 0 atom stereocenters. The zero-order chi connectivity index (χ0) is 14.8. The molecule has 3 nitrogen and oxygen atoms in total. The summed E-state index contributed by atoms with van der Waals surface area (Å²) in [5.41, 5.74) is 2.89. The third kappa shape index (κ3) is 3.23. The number of aromatic nitrogens is 2. The van der Waals surface area contributed by atoms with Crippen LogP contribution in [-0.4, -0.2) is 15.8 Å². The molecule has 0 aliphatic rings. The lowest BCUT2D eigenvalue weighted by molar-refractivity contribution is 0.103. The fourth-order valence-corrected chi connectivity index (χ4v) is 2.05. The van der Waals surface area contributed by atoms with E-state index >= 15 is 0 Å². The Balaban J connectivity index is 0.00000176. The number of nitrogens with one attached hydrogen (secondary N) is 1. The van der Waals surface area contributed by atoms with E-state index in [2.05, 4.69) is 9.97 Å². The van der Waals surface area contributed by atoms with E-state index in [9.17, 15) is 9.18 Å². The van der Waals surface area contributed by atoms with Crippen LogP contribution < -0.4 is 0 Å². The topological polar surface area (TPSA) is 45.8 Å². The van der Waals surface area contributed by atoms with Crippen LogP contribution in [0.15, 0.2) is 54.7 Å². The number of imidazole rings is 1. The summed E-state index contributed by atoms with van der Waals surface area (Å²) >= 11 is 0. The second-order valence-electron chi connectivity index (χ2n) is 4.85. The standard InChI is InChI=1S/C17H13FN2O.ClH/c1-11-2-4-13(5-3-11)17-19-10-15(20-17)16(21)12-6-8-14(18)9-7-12;/h2-10H,1H3,(H,19,20);1H. The van der Waals surface area contributed by atoms with Crippen molar-refractivity contribution in [3.63, 3.8) is 0 Å². The maximum atomic E-state index is 12.9. The molecule has 0 radical (unpaired) electrons. The highest BCUT2D eigenvalue weighted by Crippen LogP contribution is 2.17. The largest absolute Gasteiger partial charge is 0.335 e. The van der Waals surface area contributed by atoms with E-state index in [1.165, 1.54) is 30.5 Å². The molecule has 1 aromatic heterocycles. The van der Waals surface area contributed by atoms with Gasteiger partial charge in [0.05, 0.1) is 6.20 Å². The predicted molar refractivity (Wildman–Crippen MR) is 85.8 cm³/mol. The summed E-state index contributed by atoms with van der Waals surface area (Å²) in [5.74, 6) is 0.0674. The molecule has 0 saturated carbocycles. The van der Waals surface area contributed by atoms with Gasteiger partial charge in [0.2, 0.25) is 5.78 Å². The predicted octanol–water partition coefficient (Wildman–Crippen LogP) is 4.18. The number of nitrogens with zero attached hydrogens (tertiary/aromatic N) is 1. The number of hydrogen-bond acceptors (Lipinski definition) is 2. The number of halogens is 2. The average molecular weight is 317 g/mol. The van der Waals surface area contributed by atoms with E-state index in [4.69, 9.17) is 0 Å². The molecule has 0 spiro atoms. The normalized spacial score (nSPS) is 10.1. The van der Waals surface area contributed by atoms with Crippen molar-refractivity contribution in [3.05, 3.63) is 77.4 Å². The van der Waals surface area contributed by atoms with Gasteiger partial charge in [-0.15, -0.1) is 12.4 Å². The maximum Gasteiger partial charge on any atom is 0.210 e. The van der Waals surface area contributed by atoms with Gasteiger partial charge in [-0.05, 0) is 31.2 Å². The molecule has 0 saturated heterocycles. The first-order valence-electron chi connectivity index (χ1n) is 6.56. The first-order valence-corrected chi connectivity index (χ1v) is 6.56. The number of benzene rings is 2. The molecular weight excluding hydrogens is 303 g/mol. The van der Waals surface area contributed by atoms with Crippen LogP contribution in [0.25, 0.3) is 11.4 Å². The molecule has 2 aromatic carbocycles. The summed E-state index contributed by atoms with van der Waals surface area (Å²) < 4.78 is 12.9. The molecule has 3 rings (SSSR count). The Hall–Kier alpha value is -2.46. The first-order chi connectivity index (χ1) is 10.1. The van der Waals surface area contributed by atoms with Crippen molar-refractivity contribution in [2.45, 2.75) is 6.92 Å². The van der Waals surface area contributed by atoms with Crippen molar-refractivity contribution in [1.82, 2.24) is 9.97 Å². The van der Waals surface area contributed by atoms with E-state index in [-0.39, 0.29) is 24.0 Å². The molecule has 22 heavy (non-hydrogen) atoms. The van der Waals surface area contributed by atoms with Gasteiger partial charge in [0.1, 0.15) is 17.3 Å². The molecule has 5 heteroatoms. The number of ketones is 1. The molecule has 1 heterocycles. The summed E-state index contributed by atoms with van der Waals surface area (Å²) in [6.07, 6.45) is 1.50. The van der Waals surface area contributed by atoms with Gasteiger partial charge >= 0.3 is 0 Å². The highest BCUT2D eigenvalue weighted by Gasteiger charge is 2.13. The summed E-state index contributed by atoms with van der Waals surface area (Å²) in [5, 5.41) is 0. The molecular formula is C17H14ClFN2O. The van der Waals surface area contributed by atoms with Crippen LogP contribution >= 0.6 is 12.4 Å². The Labute approximate surface area is 133 Å². The molecule has 0 amide bonds. The number of rotatable bonds is 3. The molecule has 1 N–H and O–H groups in total. The fourth-order valence-electron chi connectivity index (χ4n) is 2.05. The van der Waals surface area contributed by atoms with Crippen molar-refractivity contribution in [1.29, 1.82) is 0 Å². The van der Waals surface area contributed by atoms with Gasteiger partial charge in [0.15, 0.2) is 0 Å². The Morgan fingerprint density at radius 2 is 1.68 bits per heavy atom. The Kier molecular flexibility index (Phi) is 4.73. The third-order valence-electron chi connectivity index (χ3n) is 3.25. The van der Waals surface area contributed by atoms with E-state index in [1.54, 1.807) is 0 Å². The smallest absolute Gasteiger partial charge is 0.210 e. The Morgan fingerprint density at radius 3 is 2.32 bits per heavy atom. The second-order valence-corrected chi connectivity index (χ2v) is 4.85. The van der Waals surface area contributed by atoms with Crippen molar-refractivity contribution in [2.75, 3.05) is 0 Å². The Morgan fingerprint density at radius 1 is 1.05 bits per heavy atom. The third-order valence-corrected chi connectivity index (χ3v) is 3.25.